The second kappa shape index (κ2) is 9.68. The van der Waals surface area contributed by atoms with Crippen molar-refractivity contribution in [2.75, 3.05) is 19.7 Å². The number of rotatable bonds is 7. The Morgan fingerprint density at radius 3 is 2.73 bits per heavy atom. The van der Waals surface area contributed by atoms with Gasteiger partial charge in [-0.25, -0.2) is 0 Å². The monoisotopic (exact) mass is 454 g/mol. The summed E-state index contributed by atoms with van der Waals surface area (Å²) >= 11 is 0. The molecule has 1 aromatic heterocycles. The van der Waals surface area contributed by atoms with Crippen LogP contribution in [0.2, 0.25) is 0 Å². The number of aryl methyl sites for hydroxylation is 1. The Hall–Kier alpha value is -3.29. The standard InChI is InChI=1S/C25H30N2O6/c1-17(5-6-19-4-3-13-31-19)26-24(30)16-32-20-7-8-21-22(29)15-25(33-23(21)14-20)9-11-27(12-10-25)18(2)28/h3-4,7-8,13-14,17H,5-6,9-12,15-16H2,1-2H3,(H,26,30)/t17-/m1/s1. The number of carbonyl (C=O) groups excluding carboxylic acids is 3. The fourth-order valence-electron chi connectivity index (χ4n) is 4.42. The van der Waals surface area contributed by atoms with E-state index in [-0.39, 0.29) is 30.2 Å². The maximum atomic E-state index is 12.7. The van der Waals surface area contributed by atoms with Crippen molar-refractivity contribution in [2.45, 2.75) is 57.6 Å². The van der Waals surface area contributed by atoms with Gasteiger partial charge in [0, 0.05) is 51.4 Å². The Bertz CT molecular complexity index is 1010. The van der Waals surface area contributed by atoms with E-state index < -0.39 is 5.60 Å². The van der Waals surface area contributed by atoms with Crippen LogP contribution < -0.4 is 14.8 Å². The second-order valence-electron chi connectivity index (χ2n) is 8.92. The predicted octanol–water partition coefficient (Wildman–Crippen LogP) is 3.14. The molecule has 176 valence electrons. The molecule has 8 heteroatoms. The number of amides is 2. The number of Topliss-reactive ketones (excluding diaryl/α,β-unsaturated/α-hetero) is 1. The molecule has 1 saturated heterocycles. The molecule has 0 radical (unpaired) electrons. The summed E-state index contributed by atoms with van der Waals surface area (Å²) in [7, 11) is 0. The highest BCUT2D eigenvalue weighted by Gasteiger charge is 2.43. The van der Waals surface area contributed by atoms with E-state index in [4.69, 9.17) is 13.9 Å². The van der Waals surface area contributed by atoms with Gasteiger partial charge in [0.05, 0.1) is 18.2 Å². The van der Waals surface area contributed by atoms with Crippen LogP contribution in [0.3, 0.4) is 0 Å². The van der Waals surface area contributed by atoms with Crippen LogP contribution in [0, 0.1) is 0 Å². The number of carbonyl (C=O) groups is 3. The van der Waals surface area contributed by atoms with Crippen molar-refractivity contribution >= 4 is 17.6 Å². The van der Waals surface area contributed by atoms with Crippen LogP contribution in [-0.2, 0) is 16.0 Å². The Balaban J connectivity index is 1.31. The van der Waals surface area contributed by atoms with Crippen LogP contribution in [0.4, 0.5) is 0 Å². The van der Waals surface area contributed by atoms with Crippen molar-refractivity contribution in [2.24, 2.45) is 0 Å². The summed E-state index contributed by atoms with van der Waals surface area (Å²) in [6.07, 6.45) is 4.68. The van der Waals surface area contributed by atoms with Gasteiger partial charge in [0.25, 0.3) is 5.91 Å². The number of likely N-dealkylation sites (tertiary alicyclic amines) is 1. The molecule has 0 saturated carbocycles. The molecule has 1 spiro atoms. The molecule has 4 rings (SSSR count). The quantitative estimate of drug-likeness (QED) is 0.690. The lowest BCUT2D eigenvalue weighted by Gasteiger charge is -2.43. The number of ketones is 1. The zero-order valence-corrected chi connectivity index (χ0v) is 19.1. The number of nitrogens with one attached hydrogen (secondary N) is 1. The van der Waals surface area contributed by atoms with E-state index in [1.165, 1.54) is 0 Å². The van der Waals surface area contributed by atoms with E-state index in [0.717, 1.165) is 18.6 Å². The zero-order chi connectivity index (χ0) is 23.4. The average molecular weight is 455 g/mol. The highest BCUT2D eigenvalue weighted by atomic mass is 16.5. The lowest BCUT2D eigenvalue weighted by atomic mass is 9.82. The number of fused-ring (bicyclic) bond motifs is 1. The van der Waals surface area contributed by atoms with E-state index in [9.17, 15) is 14.4 Å². The van der Waals surface area contributed by atoms with E-state index in [0.29, 0.717) is 49.4 Å². The van der Waals surface area contributed by atoms with Crippen molar-refractivity contribution in [3.8, 4) is 11.5 Å². The minimum atomic E-state index is -0.588. The molecule has 2 amide bonds. The molecule has 0 bridgehead atoms. The average Bonchev–Trinajstić information content (AvgIpc) is 3.30. The molecule has 1 aromatic carbocycles. The summed E-state index contributed by atoms with van der Waals surface area (Å²) in [5.74, 6) is 1.69. The Kier molecular flexibility index (Phi) is 6.72. The van der Waals surface area contributed by atoms with E-state index >= 15 is 0 Å². The normalized spacial score (nSPS) is 17.8. The number of ether oxygens (including phenoxy) is 2. The smallest absolute Gasteiger partial charge is 0.258 e. The third-order valence-corrected chi connectivity index (χ3v) is 6.36. The van der Waals surface area contributed by atoms with Crippen molar-refractivity contribution in [1.29, 1.82) is 0 Å². The van der Waals surface area contributed by atoms with Crippen LogP contribution in [0.5, 0.6) is 11.5 Å². The summed E-state index contributed by atoms with van der Waals surface area (Å²) < 4.78 is 17.3. The zero-order valence-electron chi connectivity index (χ0n) is 19.1. The van der Waals surface area contributed by atoms with Gasteiger partial charge in [0.1, 0.15) is 22.9 Å². The summed E-state index contributed by atoms with van der Waals surface area (Å²) in [6, 6.07) is 8.80. The molecular weight excluding hydrogens is 424 g/mol. The summed E-state index contributed by atoms with van der Waals surface area (Å²) in [4.78, 5) is 38.4. The van der Waals surface area contributed by atoms with E-state index in [1.54, 1.807) is 36.3 Å². The molecule has 2 aliphatic heterocycles. The largest absolute Gasteiger partial charge is 0.486 e. The number of piperidine rings is 1. The van der Waals surface area contributed by atoms with Crippen molar-refractivity contribution in [3.05, 3.63) is 47.9 Å². The lowest BCUT2D eigenvalue weighted by molar-refractivity contribution is -0.132. The third kappa shape index (κ3) is 5.56. The van der Waals surface area contributed by atoms with Crippen LogP contribution in [-0.4, -0.2) is 53.8 Å². The first-order valence-corrected chi connectivity index (χ1v) is 11.4. The third-order valence-electron chi connectivity index (χ3n) is 6.36. The molecule has 1 atom stereocenters. The molecule has 0 unspecified atom stereocenters. The van der Waals surface area contributed by atoms with Crippen molar-refractivity contribution in [1.82, 2.24) is 10.2 Å². The first kappa shape index (κ1) is 22.9. The van der Waals surface area contributed by atoms with Gasteiger partial charge in [-0.1, -0.05) is 0 Å². The molecule has 2 aromatic rings. The van der Waals surface area contributed by atoms with Crippen LogP contribution in [0.25, 0.3) is 0 Å². The van der Waals surface area contributed by atoms with Crippen LogP contribution in [0.1, 0.15) is 55.6 Å². The van der Waals surface area contributed by atoms with E-state index in [1.807, 2.05) is 19.1 Å². The summed E-state index contributed by atoms with van der Waals surface area (Å²) in [5, 5.41) is 2.92. The molecular formula is C25H30N2O6. The van der Waals surface area contributed by atoms with Gasteiger partial charge < -0.3 is 24.1 Å². The minimum Gasteiger partial charge on any atom is -0.486 e. The highest BCUT2D eigenvalue weighted by Crippen LogP contribution is 2.40. The molecule has 33 heavy (non-hydrogen) atoms. The number of furan rings is 1. The van der Waals surface area contributed by atoms with Gasteiger partial charge in [0.15, 0.2) is 12.4 Å². The van der Waals surface area contributed by atoms with Crippen molar-refractivity contribution < 1.29 is 28.3 Å². The van der Waals surface area contributed by atoms with Crippen LogP contribution in [0.15, 0.2) is 41.0 Å². The molecule has 3 heterocycles. The molecule has 8 nitrogen and oxygen atoms in total. The number of benzene rings is 1. The topological polar surface area (TPSA) is 98.1 Å². The van der Waals surface area contributed by atoms with Gasteiger partial charge in [-0.3, -0.25) is 14.4 Å². The molecule has 1 fully saturated rings. The SMILES string of the molecule is CC(=O)N1CCC2(CC1)CC(=O)c1ccc(OCC(=O)N[C@H](C)CCc3ccco3)cc1O2. The second-order valence-corrected chi connectivity index (χ2v) is 8.92. The number of hydrogen-bond donors (Lipinski definition) is 1. The predicted molar refractivity (Wildman–Crippen MR) is 120 cm³/mol. The van der Waals surface area contributed by atoms with Crippen LogP contribution >= 0.6 is 0 Å². The van der Waals surface area contributed by atoms with Gasteiger partial charge in [0.2, 0.25) is 5.91 Å². The number of hydrogen-bond acceptors (Lipinski definition) is 6. The first-order valence-electron chi connectivity index (χ1n) is 11.4. The lowest BCUT2D eigenvalue weighted by Crippen LogP contribution is -2.51. The summed E-state index contributed by atoms with van der Waals surface area (Å²) in [5.41, 5.74) is -0.0619. The fourth-order valence-corrected chi connectivity index (χ4v) is 4.42. The maximum Gasteiger partial charge on any atom is 0.258 e. The summed E-state index contributed by atoms with van der Waals surface area (Å²) in [6.45, 7) is 4.52. The van der Waals surface area contributed by atoms with Gasteiger partial charge in [-0.05, 0) is 37.6 Å². The highest BCUT2D eigenvalue weighted by molar-refractivity contribution is 6.00. The van der Waals surface area contributed by atoms with Crippen molar-refractivity contribution in [3.63, 3.8) is 0 Å². The Morgan fingerprint density at radius 2 is 2.03 bits per heavy atom. The Morgan fingerprint density at radius 1 is 1.24 bits per heavy atom. The first-order chi connectivity index (χ1) is 15.8. The fraction of sp³-hybridized carbons (Fsp3) is 0.480. The molecule has 1 N–H and O–H groups in total. The van der Waals surface area contributed by atoms with Gasteiger partial charge >= 0.3 is 0 Å². The van der Waals surface area contributed by atoms with Gasteiger partial charge in [-0.15, -0.1) is 0 Å². The number of nitrogens with zero attached hydrogens (tertiary/aromatic N) is 1. The van der Waals surface area contributed by atoms with E-state index in [2.05, 4.69) is 5.32 Å². The Labute approximate surface area is 193 Å². The maximum absolute atomic E-state index is 12.7. The minimum absolute atomic E-state index is 0.0172. The molecule has 0 aliphatic carbocycles. The molecule has 2 aliphatic rings. The van der Waals surface area contributed by atoms with Gasteiger partial charge in [-0.2, -0.15) is 0 Å².